The number of amides is 1. The van der Waals surface area contributed by atoms with Gasteiger partial charge in [0, 0.05) is 6.42 Å². The van der Waals surface area contributed by atoms with Crippen molar-refractivity contribution in [2.24, 2.45) is 0 Å². The Labute approximate surface area is 126 Å². The van der Waals surface area contributed by atoms with E-state index >= 15 is 0 Å². The number of aromatic nitrogens is 3. The fourth-order valence-electron chi connectivity index (χ4n) is 1.92. The lowest BCUT2D eigenvalue weighted by atomic mass is 10.1. The van der Waals surface area contributed by atoms with Gasteiger partial charge in [0.1, 0.15) is 18.4 Å². The van der Waals surface area contributed by atoms with Crippen LogP contribution in [0.25, 0.3) is 0 Å². The minimum Gasteiger partial charge on any atom is -0.435 e. The van der Waals surface area contributed by atoms with Gasteiger partial charge in [-0.05, 0) is 24.6 Å². The number of ether oxygens (including phenoxy) is 1. The van der Waals surface area contributed by atoms with Crippen LogP contribution in [-0.4, -0.2) is 27.3 Å². The van der Waals surface area contributed by atoms with Crippen LogP contribution in [0.3, 0.4) is 0 Å². The lowest BCUT2D eigenvalue weighted by Crippen LogP contribution is -2.27. The third-order valence-corrected chi connectivity index (χ3v) is 3.00. The summed E-state index contributed by atoms with van der Waals surface area (Å²) in [7, 11) is 0. The van der Waals surface area contributed by atoms with Gasteiger partial charge < -0.3 is 10.1 Å². The molecule has 0 bridgehead atoms. The molecule has 0 saturated heterocycles. The molecular weight excluding hydrogens is 294 g/mol. The molecule has 0 spiro atoms. The molecule has 0 fully saturated rings. The molecular formula is C14H16F2N4O2. The highest BCUT2D eigenvalue weighted by molar-refractivity contribution is 5.76. The fourth-order valence-corrected chi connectivity index (χ4v) is 1.92. The van der Waals surface area contributed by atoms with Gasteiger partial charge in [-0.15, -0.1) is 0 Å². The first kappa shape index (κ1) is 15.9. The van der Waals surface area contributed by atoms with E-state index < -0.39 is 6.61 Å². The first-order valence-electron chi connectivity index (χ1n) is 6.71. The summed E-state index contributed by atoms with van der Waals surface area (Å²) in [5.74, 6) is -0.0978. The third-order valence-electron chi connectivity index (χ3n) is 3.00. The molecule has 0 radical (unpaired) electrons. The number of rotatable bonds is 7. The summed E-state index contributed by atoms with van der Waals surface area (Å²) < 4.78 is 30.3. The molecule has 118 valence electrons. The molecule has 1 aromatic heterocycles. The zero-order valence-corrected chi connectivity index (χ0v) is 11.9. The molecule has 0 saturated carbocycles. The van der Waals surface area contributed by atoms with E-state index in [1.54, 1.807) is 23.7 Å². The molecule has 0 unspecified atom stereocenters. The summed E-state index contributed by atoms with van der Waals surface area (Å²) in [6.07, 6.45) is 3.18. The first-order valence-corrected chi connectivity index (χ1v) is 6.71. The maximum atomic E-state index is 12.2. The molecule has 1 aromatic carbocycles. The maximum absolute atomic E-state index is 12.2. The standard InChI is InChI=1S/C14H16F2N4O2/c1-10(11-3-2-4-12(7-11)22-14(15)16)19-13(21)5-6-20-9-17-8-18-20/h2-4,7-10,14H,5-6H2,1H3,(H,19,21)/t10-/m1/s1. The minimum absolute atomic E-state index is 0.0659. The molecule has 6 nitrogen and oxygen atoms in total. The fraction of sp³-hybridized carbons (Fsp3) is 0.357. The van der Waals surface area contributed by atoms with Gasteiger partial charge in [-0.3, -0.25) is 9.48 Å². The highest BCUT2D eigenvalue weighted by atomic mass is 19.3. The Kier molecular flexibility index (Phi) is 5.40. The van der Waals surface area contributed by atoms with Crippen molar-refractivity contribution in [2.45, 2.75) is 32.5 Å². The second-order valence-electron chi connectivity index (χ2n) is 4.65. The van der Waals surface area contributed by atoms with Crippen molar-refractivity contribution in [3.05, 3.63) is 42.5 Å². The highest BCUT2D eigenvalue weighted by Crippen LogP contribution is 2.20. The molecule has 0 aliphatic heterocycles. The highest BCUT2D eigenvalue weighted by Gasteiger charge is 2.12. The summed E-state index contributed by atoms with van der Waals surface area (Å²) in [5.41, 5.74) is 0.687. The number of alkyl halides is 2. The molecule has 1 amide bonds. The molecule has 2 rings (SSSR count). The number of nitrogens with one attached hydrogen (secondary N) is 1. The number of nitrogens with zero attached hydrogens (tertiary/aromatic N) is 3. The lowest BCUT2D eigenvalue weighted by molar-refractivity contribution is -0.122. The summed E-state index contributed by atoms with van der Waals surface area (Å²) in [6, 6.07) is 5.94. The Morgan fingerprint density at radius 2 is 2.27 bits per heavy atom. The molecule has 1 atom stereocenters. The predicted octanol–water partition coefficient (Wildman–Crippen LogP) is 2.15. The molecule has 8 heteroatoms. The molecule has 0 aliphatic rings. The van der Waals surface area contributed by atoms with Crippen LogP contribution in [0.1, 0.15) is 24.9 Å². The number of halogens is 2. The summed E-state index contributed by atoms with van der Waals surface area (Å²) in [4.78, 5) is 15.6. The van der Waals surface area contributed by atoms with E-state index in [-0.39, 0.29) is 24.1 Å². The van der Waals surface area contributed by atoms with Crippen LogP contribution in [-0.2, 0) is 11.3 Å². The largest absolute Gasteiger partial charge is 0.435 e. The average molecular weight is 310 g/mol. The van der Waals surface area contributed by atoms with E-state index in [0.29, 0.717) is 12.1 Å². The van der Waals surface area contributed by atoms with E-state index in [2.05, 4.69) is 20.1 Å². The molecule has 1 heterocycles. The molecule has 0 aliphatic carbocycles. The Bertz CT molecular complexity index is 605. The van der Waals surface area contributed by atoms with Crippen LogP contribution >= 0.6 is 0 Å². The second kappa shape index (κ2) is 7.48. The van der Waals surface area contributed by atoms with E-state index in [1.807, 2.05) is 0 Å². The van der Waals surface area contributed by atoms with Gasteiger partial charge in [0.15, 0.2) is 0 Å². The van der Waals surface area contributed by atoms with Crippen LogP contribution in [0.15, 0.2) is 36.9 Å². The van der Waals surface area contributed by atoms with Gasteiger partial charge in [0.2, 0.25) is 5.91 Å². The maximum Gasteiger partial charge on any atom is 0.387 e. The van der Waals surface area contributed by atoms with Gasteiger partial charge in [-0.2, -0.15) is 13.9 Å². The van der Waals surface area contributed by atoms with Crippen molar-refractivity contribution in [3.8, 4) is 5.75 Å². The van der Waals surface area contributed by atoms with Crippen molar-refractivity contribution in [1.29, 1.82) is 0 Å². The van der Waals surface area contributed by atoms with Gasteiger partial charge in [-0.1, -0.05) is 12.1 Å². The van der Waals surface area contributed by atoms with E-state index in [4.69, 9.17) is 0 Å². The molecule has 2 aromatic rings. The topological polar surface area (TPSA) is 69.0 Å². The van der Waals surface area contributed by atoms with E-state index in [9.17, 15) is 13.6 Å². The van der Waals surface area contributed by atoms with Crippen molar-refractivity contribution >= 4 is 5.91 Å². The smallest absolute Gasteiger partial charge is 0.387 e. The normalized spacial score (nSPS) is 12.2. The van der Waals surface area contributed by atoms with Gasteiger partial charge >= 0.3 is 6.61 Å². The molecule has 22 heavy (non-hydrogen) atoms. The molecule has 1 N–H and O–H groups in total. The summed E-state index contributed by atoms with van der Waals surface area (Å²) in [5, 5.41) is 6.70. The summed E-state index contributed by atoms with van der Waals surface area (Å²) in [6.45, 7) is -0.676. The number of hydrogen-bond donors (Lipinski definition) is 1. The monoisotopic (exact) mass is 310 g/mol. The SMILES string of the molecule is C[C@@H](NC(=O)CCn1cncn1)c1cccc(OC(F)F)c1. The zero-order valence-electron chi connectivity index (χ0n) is 11.9. The van der Waals surface area contributed by atoms with Crippen LogP contribution < -0.4 is 10.1 Å². The second-order valence-corrected chi connectivity index (χ2v) is 4.65. The van der Waals surface area contributed by atoms with Crippen LogP contribution in [0.2, 0.25) is 0 Å². The van der Waals surface area contributed by atoms with Crippen molar-refractivity contribution < 1.29 is 18.3 Å². The first-order chi connectivity index (χ1) is 10.5. The number of carbonyl (C=O) groups excluding carboxylic acids is 1. The Balaban J connectivity index is 1.88. The quantitative estimate of drug-likeness (QED) is 0.851. The van der Waals surface area contributed by atoms with Crippen molar-refractivity contribution in [2.75, 3.05) is 0 Å². The van der Waals surface area contributed by atoms with Gasteiger partial charge in [0.05, 0.1) is 12.6 Å². The Morgan fingerprint density at radius 1 is 1.45 bits per heavy atom. The van der Waals surface area contributed by atoms with Crippen molar-refractivity contribution in [1.82, 2.24) is 20.1 Å². The lowest BCUT2D eigenvalue weighted by Gasteiger charge is -2.15. The van der Waals surface area contributed by atoms with Crippen molar-refractivity contribution in [3.63, 3.8) is 0 Å². The average Bonchev–Trinajstić information content (AvgIpc) is 2.98. The van der Waals surface area contributed by atoms with Gasteiger partial charge in [-0.25, -0.2) is 4.98 Å². The number of carbonyl (C=O) groups is 1. The zero-order chi connectivity index (χ0) is 15.9. The Morgan fingerprint density at radius 3 is 2.95 bits per heavy atom. The number of aryl methyl sites for hydroxylation is 1. The van der Waals surface area contributed by atoms with Gasteiger partial charge in [0.25, 0.3) is 0 Å². The number of benzene rings is 1. The van der Waals surface area contributed by atoms with E-state index in [0.717, 1.165) is 0 Å². The van der Waals surface area contributed by atoms with E-state index in [1.165, 1.54) is 24.8 Å². The third kappa shape index (κ3) is 4.80. The van der Waals surface area contributed by atoms with Crippen LogP contribution in [0.5, 0.6) is 5.75 Å². The predicted molar refractivity (Wildman–Crippen MR) is 74.3 cm³/mol. The van der Waals surface area contributed by atoms with Crippen LogP contribution in [0, 0.1) is 0 Å². The minimum atomic E-state index is -2.87. The van der Waals surface area contributed by atoms with Crippen LogP contribution in [0.4, 0.5) is 8.78 Å². The Hall–Kier alpha value is -2.51. The summed E-state index contributed by atoms with van der Waals surface area (Å²) >= 11 is 0. The number of hydrogen-bond acceptors (Lipinski definition) is 4.